The maximum Gasteiger partial charge on any atom is 0.0784 e. The van der Waals surface area contributed by atoms with Gasteiger partial charge in [-0.05, 0) is 47.9 Å². The first kappa shape index (κ1) is 19.0. The zero-order valence-corrected chi connectivity index (χ0v) is 19.5. The van der Waals surface area contributed by atoms with Crippen molar-refractivity contribution in [2.75, 3.05) is 0 Å². The summed E-state index contributed by atoms with van der Waals surface area (Å²) in [6, 6.07) is 18.3. The highest BCUT2D eigenvalue weighted by Gasteiger charge is 2.22. The Morgan fingerprint density at radius 1 is 0.931 bits per heavy atom. The van der Waals surface area contributed by atoms with Crippen molar-refractivity contribution in [1.82, 2.24) is 4.98 Å². The molecule has 2 heterocycles. The fourth-order valence-electron chi connectivity index (χ4n) is 4.96. The number of aromatic nitrogens is 1. The molecule has 2 aromatic carbocycles. The summed E-state index contributed by atoms with van der Waals surface area (Å²) in [5.74, 6) is 0.714. The number of nitrogens with zero attached hydrogens (tertiary/aromatic N) is 1. The molecule has 0 bridgehead atoms. The molecule has 2 aromatic heterocycles. The lowest BCUT2D eigenvalue weighted by Crippen LogP contribution is -2.37. The van der Waals surface area contributed by atoms with Crippen LogP contribution in [0.1, 0.15) is 43.6 Å². The summed E-state index contributed by atoms with van der Waals surface area (Å²) in [6.45, 7) is 7.35. The van der Waals surface area contributed by atoms with Crippen molar-refractivity contribution < 1.29 is 0 Å². The Morgan fingerprint density at radius 2 is 1.72 bits per heavy atom. The third kappa shape index (κ3) is 3.45. The Bertz CT molecular complexity index is 1180. The SMILES string of the molecule is C[Si](C)(C)c1cccc2sc3c(-c4cc(C5CCCCC5)ccn4)cccc3c12. The number of hydrogen-bond acceptors (Lipinski definition) is 2. The molecule has 1 aliphatic rings. The molecule has 148 valence electrons. The van der Waals surface area contributed by atoms with Crippen LogP contribution < -0.4 is 5.19 Å². The van der Waals surface area contributed by atoms with E-state index in [9.17, 15) is 0 Å². The van der Waals surface area contributed by atoms with Crippen molar-refractivity contribution in [3.8, 4) is 11.3 Å². The lowest BCUT2D eigenvalue weighted by Gasteiger charge is -2.22. The van der Waals surface area contributed by atoms with Gasteiger partial charge in [-0.3, -0.25) is 4.98 Å². The fraction of sp³-hybridized carbons (Fsp3) is 0.346. The summed E-state index contributed by atoms with van der Waals surface area (Å²) < 4.78 is 2.80. The lowest BCUT2D eigenvalue weighted by molar-refractivity contribution is 0.443. The topological polar surface area (TPSA) is 12.9 Å². The van der Waals surface area contributed by atoms with Crippen LogP contribution in [0.5, 0.6) is 0 Å². The molecule has 0 unspecified atom stereocenters. The summed E-state index contributed by atoms with van der Waals surface area (Å²) in [7, 11) is -1.42. The van der Waals surface area contributed by atoms with Gasteiger partial charge < -0.3 is 0 Å². The van der Waals surface area contributed by atoms with E-state index >= 15 is 0 Å². The molecule has 0 atom stereocenters. The van der Waals surface area contributed by atoms with E-state index in [0.29, 0.717) is 5.92 Å². The highest BCUT2D eigenvalue weighted by Crippen LogP contribution is 2.40. The van der Waals surface area contributed by atoms with Gasteiger partial charge in [-0.15, -0.1) is 11.3 Å². The van der Waals surface area contributed by atoms with Crippen LogP contribution in [-0.2, 0) is 0 Å². The number of pyridine rings is 1. The molecule has 0 amide bonds. The minimum atomic E-state index is -1.42. The van der Waals surface area contributed by atoms with E-state index in [1.165, 1.54) is 63.4 Å². The standard InChI is InChI=1S/C26H29NSSi/c1-29(2,3)24-14-8-13-23-25(24)21-12-7-11-20(26(21)28-23)22-17-19(15-16-27-22)18-9-5-4-6-10-18/h7-8,11-18H,4-6,9-10H2,1-3H3. The van der Waals surface area contributed by atoms with Gasteiger partial charge >= 0.3 is 0 Å². The highest BCUT2D eigenvalue weighted by atomic mass is 32.1. The summed E-state index contributed by atoms with van der Waals surface area (Å²) in [5.41, 5.74) is 3.92. The second-order valence-electron chi connectivity index (χ2n) is 9.52. The van der Waals surface area contributed by atoms with E-state index in [4.69, 9.17) is 4.98 Å². The molecule has 0 N–H and O–H groups in total. The van der Waals surface area contributed by atoms with Gasteiger partial charge in [0.05, 0.1) is 13.8 Å². The Hall–Kier alpha value is -1.97. The molecule has 0 saturated heterocycles. The van der Waals surface area contributed by atoms with Crippen LogP contribution in [0.4, 0.5) is 0 Å². The first-order chi connectivity index (χ1) is 14.0. The average Bonchev–Trinajstić information content (AvgIpc) is 3.12. The van der Waals surface area contributed by atoms with E-state index in [1.807, 2.05) is 17.5 Å². The van der Waals surface area contributed by atoms with Crippen LogP contribution in [0.25, 0.3) is 31.4 Å². The van der Waals surface area contributed by atoms with Crippen molar-refractivity contribution in [2.45, 2.75) is 57.7 Å². The third-order valence-corrected chi connectivity index (χ3v) is 9.70. The van der Waals surface area contributed by atoms with Crippen LogP contribution in [0.2, 0.25) is 19.6 Å². The summed E-state index contributed by atoms with van der Waals surface area (Å²) in [5, 5.41) is 4.46. The molecule has 1 fully saturated rings. The average molecular weight is 416 g/mol. The van der Waals surface area contributed by atoms with Crippen LogP contribution in [-0.4, -0.2) is 13.1 Å². The zero-order valence-electron chi connectivity index (χ0n) is 17.7. The minimum Gasteiger partial charge on any atom is -0.256 e. The fourth-order valence-corrected chi connectivity index (χ4v) is 7.92. The predicted octanol–water partition coefficient (Wildman–Crippen LogP) is 7.71. The van der Waals surface area contributed by atoms with Gasteiger partial charge in [0, 0.05) is 26.5 Å². The number of benzene rings is 2. The van der Waals surface area contributed by atoms with E-state index < -0.39 is 8.07 Å². The second kappa shape index (κ2) is 7.37. The molecule has 1 saturated carbocycles. The van der Waals surface area contributed by atoms with Crippen molar-refractivity contribution in [3.63, 3.8) is 0 Å². The largest absolute Gasteiger partial charge is 0.256 e. The maximum absolute atomic E-state index is 4.81. The first-order valence-corrected chi connectivity index (χ1v) is 15.2. The van der Waals surface area contributed by atoms with E-state index in [-0.39, 0.29) is 0 Å². The van der Waals surface area contributed by atoms with Crippen LogP contribution >= 0.6 is 11.3 Å². The number of thiophene rings is 1. The first-order valence-electron chi connectivity index (χ1n) is 10.9. The zero-order chi connectivity index (χ0) is 20.0. The van der Waals surface area contributed by atoms with Crippen molar-refractivity contribution >= 4 is 44.8 Å². The molecule has 1 nitrogen and oxygen atoms in total. The van der Waals surface area contributed by atoms with Gasteiger partial charge in [0.2, 0.25) is 0 Å². The number of rotatable bonds is 3. The van der Waals surface area contributed by atoms with Gasteiger partial charge in [0.1, 0.15) is 0 Å². The summed E-state index contributed by atoms with van der Waals surface area (Å²) >= 11 is 1.94. The lowest BCUT2D eigenvalue weighted by atomic mass is 9.84. The normalized spacial score (nSPS) is 16.0. The van der Waals surface area contributed by atoms with E-state index in [2.05, 4.69) is 68.2 Å². The van der Waals surface area contributed by atoms with Gasteiger partial charge in [-0.2, -0.15) is 0 Å². The summed E-state index contributed by atoms with van der Waals surface area (Å²) in [4.78, 5) is 4.81. The van der Waals surface area contributed by atoms with Crippen molar-refractivity contribution in [3.05, 3.63) is 60.3 Å². The van der Waals surface area contributed by atoms with Gasteiger partial charge in [0.15, 0.2) is 0 Å². The molecule has 0 aliphatic heterocycles. The van der Waals surface area contributed by atoms with E-state index in [0.717, 1.165) is 5.69 Å². The van der Waals surface area contributed by atoms with E-state index in [1.54, 1.807) is 5.19 Å². The Balaban J connectivity index is 1.69. The highest BCUT2D eigenvalue weighted by molar-refractivity contribution is 7.26. The Kier molecular flexibility index (Phi) is 4.83. The Morgan fingerprint density at radius 3 is 2.52 bits per heavy atom. The maximum atomic E-state index is 4.81. The van der Waals surface area contributed by atoms with Gasteiger partial charge in [0.25, 0.3) is 0 Å². The van der Waals surface area contributed by atoms with Crippen LogP contribution in [0, 0.1) is 0 Å². The molecular weight excluding hydrogens is 386 g/mol. The quantitative estimate of drug-likeness (QED) is 0.312. The summed E-state index contributed by atoms with van der Waals surface area (Å²) in [6.07, 6.45) is 8.82. The molecule has 0 radical (unpaired) electrons. The molecule has 0 spiro atoms. The van der Waals surface area contributed by atoms with Crippen molar-refractivity contribution in [2.24, 2.45) is 0 Å². The molecular formula is C26H29NSSi. The van der Waals surface area contributed by atoms with Gasteiger partial charge in [-0.25, -0.2) is 0 Å². The molecule has 5 rings (SSSR count). The monoisotopic (exact) mass is 415 g/mol. The number of hydrogen-bond donors (Lipinski definition) is 0. The Labute approximate surface area is 178 Å². The smallest absolute Gasteiger partial charge is 0.0784 e. The predicted molar refractivity (Wildman–Crippen MR) is 131 cm³/mol. The third-order valence-electron chi connectivity index (χ3n) is 6.47. The molecule has 3 heteroatoms. The van der Waals surface area contributed by atoms with Gasteiger partial charge in [-0.1, -0.05) is 74.4 Å². The van der Waals surface area contributed by atoms with Crippen molar-refractivity contribution in [1.29, 1.82) is 0 Å². The minimum absolute atomic E-state index is 0.714. The number of fused-ring (bicyclic) bond motifs is 3. The van der Waals surface area contributed by atoms with Crippen LogP contribution in [0.3, 0.4) is 0 Å². The molecule has 29 heavy (non-hydrogen) atoms. The molecule has 1 aliphatic carbocycles. The molecule has 4 aromatic rings. The second-order valence-corrected chi connectivity index (χ2v) is 15.6. The van der Waals surface area contributed by atoms with Crippen LogP contribution in [0.15, 0.2) is 54.7 Å².